The Morgan fingerprint density at radius 2 is 1.70 bits per heavy atom. The second kappa shape index (κ2) is 7.89. The maximum absolute atomic E-state index is 11.2. The third kappa shape index (κ3) is 5.06. The van der Waals surface area contributed by atoms with Crippen molar-refractivity contribution >= 4 is 11.9 Å². The van der Waals surface area contributed by atoms with Crippen LogP contribution in [0.25, 0.3) is 6.08 Å². The van der Waals surface area contributed by atoms with Gasteiger partial charge in [-0.25, -0.2) is 0 Å². The Morgan fingerprint density at radius 1 is 1.00 bits per heavy atom. The molecular formula is C17H18N2O. The van der Waals surface area contributed by atoms with Crippen LogP contribution >= 0.6 is 0 Å². The van der Waals surface area contributed by atoms with Gasteiger partial charge in [0.25, 0.3) is 0 Å². The van der Waals surface area contributed by atoms with Crippen molar-refractivity contribution in [2.75, 3.05) is 6.54 Å². The van der Waals surface area contributed by atoms with Crippen molar-refractivity contribution in [3.05, 3.63) is 72.2 Å². The topological polar surface area (TPSA) is 42.0 Å². The van der Waals surface area contributed by atoms with Crippen LogP contribution in [-0.4, -0.2) is 17.3 Å². The summed E-state index contributed by atoms with van der Waals surface area (Å²) >= 11 is 0. The van der Waals surface area contributed by atoms with E-state index in [1.54, 1.807) is 12.4 Å². The van der Waals surface area contributed by atoms with E-state index in [1.807, 2.05) is 54.6 Å². The number of nitrogens with one attached hydrogen (secondary N) is 1. The highest BCUT2D eigenvalue weighted by Crippen LogP contribution is 2.11. The molecule has 0 bridgehead atoms. The second-order valence-electron chi connectivity index (χ2n) is 4.50. The number of aromatic nitrogens is 1. The minimum Gasteiger partial charge on any atom is -0.388 e. The van der Waals surface area contributed by atoms with E-state index in [9.17, 15) is 4.79 Å². The lowest BCUT2D eigenvalue weighted by molar-refractivity contribution is -0.119. The summed E-state index contributed by atoms with van der Waals surface area (Å²) in [7, 11) is 0. The van der Waals surface area contributed by atoms with Crippen LogP contribution in [0.15, 0.2) is 66.6 Å². The number of rotatable bonds is 1. The average molecular weight is 266 g/mol. The molecule has 2 heterocycles. The first-order valence-electron chi connectivity index (χ1n) is 6.71. The van der Waals surface area contributed by atoms with Crippen molar-refractivity contribution in [3.63, 3.8) is 0 Å². The maximum atomic E-state index is 11.2. The van der Waals surface area contributed by atoms with Crippen LogP contribution in [0.2, 0.25) is 0 Å². The van der Waals surface area contributed by atoms with E-state index < -0.39 is 0 Å². The Kier molecular flexibility index (Phi) is 5.53. The van der Waals surface area contributed by atoms with Gasteiger partial charge in [-0.1, -0.05) is 36.4 Å². The third-order valence-electron chi connectivity index (χ3n) is 2.85. The molecule has 0 aliphatic carbocycles. The lowest BCUT2D eigenvalue weighted by atomic mass is 10.1. The summed E-state index contributed by atoms with van der Waals surface area (Å²) in [5.74, 6) is 0.325. The molecule has 1 aromatic heterocycles. The molecule has 1 aliphatic rings. The van der Waals surface area contributed by atoms with Gasteiger partial charge in [-0.2, -0.15) is 0 Å². The standard InChI is InChI=1S/C12H13NO.C5H5N/c14-12-6-7-13-11(9-12)8-10-4-2-1-3-5-10;1-2-4-6-5-3-1/h1-5,8,13H,6-7,9H2;1-5H. The molecular weight excluding hydrogens is 248 g/mol. The number of hydrogen-bond acceptors (Lipinski definition) is 3. The number of pyridine rings is 1. The Hall–Kier alpha value is -2.42. The van der Waals surface area contributed by atoms with Crippen molar-refractivity contribution in [2.24, 2.45) is 0 Å². The minimum absolute atomic E-state index is 0.325. The highest BCUT2D eigenvalue weighted by atomic mass is 16.1. The summed E-state index contributed by atoms with van der Waals surface area (Å²) in [5, 5.41) is 3.24. The molecule has 0 spiro atoms. The fourth-order valence-corrected chi connectivity index (χ4v) is 1.89. The van der Waals surface area contributed by atoms with Gasteiger partial charge in [0.05, 0.1) is 0 Å². The number of nitrogens with zero attached hydrogens (tertiary/aromatic N) is 1. The molecule has 20 heavy (non-hydrogen) atoms. The molecule has 0 saturated carbocycles. The zero-order chi connectivity index (χ0) is 14.0. The van der Waals surface area contributed by atoms with Crippen molar-refractivity contribution in [2.45, 2.75) is 12.8 Å². The molecule has 1 aliphatic heterocycles. The smallest absolute Gasteiger partial charge is 0.140 e. The number of carbonyl (C=O) groups is 1. The van der Waals surface area contributed by atoms with Gasteiger partial charge < -0.3 is 5.32 Å². The van der Waals surface area contributed by atoms with Gasteiger partial charge in [0.2, 0.25) is 0 Å². The van der Waals surface area contributed by atoms with Gasteiger partial charge >= 0.3 is 0 Å². The van der Waals surface area contributed by atoms with E-state index in [4.69, 9.17) is 0 Å². The molecule has 3 rings (SSSR count). The van der Waals surface area contributed by atoms with Crippen LogP contribution in [0.1, 0.15) is 18.4 Å². The van der Waals surface area contributed by atoms with Crippen LogP contribution in [0.5, 0.6) is 0 Å². The molecule has 0 unspecified atom stereocenters. The van der Waals surface area contributed by atoms with Crippen molar-refractivity contribution in [3.8, 4) is 0 Å². The maximum Gasteiger partial charge on any atom is 0.140 e. The van der Waals surface area contributed by atoms with Crippen LogP contribution in [0.3, 0.4) is 0 Å². The molecule has 1 fully saturated rings. The lowest BCUT2D eigenvalue weighted by Crippen LogP contribution is -2.25. The number of carbonyl (C=O) groups excluding carboxylic acids is 1. The Labute approximate surface area is 119 Å². The summed E-state index contributed by atoms with van der Waals surface area (Å²) < 4.78 is 0. The Balaban J connectivity index is 0.000000205. The molecule has 0 amide bonds. The SMILES string of the molecule is O=C1CCNC(=Cc2ccccc2)C1.c1ccncc1. The number of benzene rings is 1. The zero-order valence-corrected chi connectivity index (χ0v) is 11.3. The van der Waals surface area contributed by atoms with E-state index >= 15 is 0 Å². The summed E-state index contributed by atoms with van der Waals surface area (Å²) in [5.41, 5.74) is 2.18. The van der Waals surface area contributed by atoms with Gasteiger partial charge in [-0.15, -0.1) is 0 Å². The molecule has 1 saturated heterocycles. The van der Waals surface area contributed by atoms with Crippen molar-refractivity contribution in [1.29, 1.82) is 0 Å². The first kappa shape index (κ1) is 14.0. The summed E-state index contributed by atoms with van der Waals surface area (Å²) in [6.07, 6.45) is 6.75. The fraction of sp³-hybridized carbons (Fsp3) is 0.176. The second-order valence-corrected chi connectivity index (χ2v) is 4.50. The molecule has 0 atom stereocenters. The summed E-state index contributed by atoms with van der Waals surface area (Å²) in [4.78, 5) is 15.0. The average Bonchev–Trinajstić information content (AvgIpc) is 2.51. The highest BCUT2D eigenvalue weighted by Gasteiger charge is 2.11. The fourth-order valence-electron chi connectivity index (χ4n) is 1.89. The van der Waals surface area contributed by atoms with Gasteiger partial charge in [-0.3, -0.25) is 9.78 Å². The van der Waals surface area contributed by atoms with Gasteiger partial charge in [0.1, 0.15) is 5.78 Å². The molecule has 2 aromatic rings. The normalized spacial score (nSPS) is 16.0. The molecule has 1 aromatic carbocycles. The van der Waals surface area contributed by atoms with Gasteiger partial charge in [0, 0.05) is 37.5 Å². The number of allylic oxidation sites excluding steroid dienone is 1. The number of Topliss-reactive ketones (excluding diaryl/α,β-unsaturated/α-hetero) is 1. The van der Waals surface area contributed by atoms with Crippen LogP contribution in [0.4, 0.5) is 0 Å². The van der Waals surface area contributed by atoms with Crippen LogP contribution in [-0.2, 0) is 4.79 Å². The predicted molar refractivity (Wildman–Crippen MR) is 80.9 cm³/mol. The van der Waals surface area contributed by atoms with Crippen molar-refractivity contribution in [1.82, 2.24) is 10.3 Å². The summed E-state index contributed by atoms with van der Waals surface area (Å²) in [6.45, 7) is 0.775. The molecule has 3 heteroatoms. The first-order chi connectivity index (χ1) is 9.84. The molecule has 3 nitrogen and oxygen atoms in total. The van der Waals surface area contributed by atoms with Crippen molar-refractivity contribution < 1.29 is 4.79 Å². The van der Waals surface area contributed by atoms with Gasteiger partial charge in [0.15, 0.2) is 0 Å². The summed E-state index contributed by atoms with van der Waals surface area (Å²) in [6, 6.07) is 15.8. The first-order valence-corrected chi connectivity index (χ1v) is 6.71. The zero-order valence-electron chi connectivity index (χ0n) is 11.3. The van der Waals surface area contributed by atoms with E-state index in [2.05, 4.69) is 10.3 Å². The number of hydrogen-bond donors (Lipinski definition) is 1. The quantitative estimate of drug-likeness (QED) is 0.862. The Bertz CT molecular complexity index is 523. The molecule has 0 radical (unpaired) electrons. The predicted octanol–water partition coefficient (Wildman–Crippen LogP) is 3.06. The number of piperidine rings is 1. The Morgan fingerprint density at radius 3 is 2.25 bits per heavy atom. The number of ketones is 1. The molecule has 102 valence electrons. The van der Waals surface area contributed by atoms with E-state index in [-0.39, 0.29) is 0 Å². The van der Waals surface area contributed by atoms with E-state index in [0.29, 0.717) is 18.6 Å². The lowest BCUT2D eigenvalue weighted by Gasteiger charge is -2.15. The minimum atomic E-state index is 0.325. The van der Waals surface area contributed by atoms with E-state index in [1.165, 1.54) is 0 Å². The third-order valence-corrected chi connectivity index (χ3v) is 2.85. The molecule has 1 N–H and O–H groups in total. The largest absolute Gasteiger partial charge is 0.388 e. The highest BCUT2D eigenvalue weighted by molar-refractivity contribution is 5.83. The van der Waals surface area contributed by atoms with Crippen LogP contribution < -0.4 is 5.32 Å². The monoisotopic (exact) mass is 266 g/mol. The van der Waals surface area contributed by atoms with E-state index in [0.717, 1.165) is 17.8 Å². The van der Waals surface area contributed by atoms with Crippen LogP contribution in [0, 0.1) is 0 Å². The van der Waals surface area contributed by atoms with Gasteiger partial charge in [-0.05, 0) is 23.8 Å².